The molecule has 2 nitrogen and oxygen atoms in total. The predicted octanol–water partition coefficient (Wildman–Crippen LogP) is 2.25. The van der Waals surface area contributed by atoms with Gasteiger partial charge in [0.15, 0.2) is 0 Å². The quantitative estimate of drug-likeness (QED) is 0.776. The first-order chi connectivity index (χ1) is 8.16. The summed E-state index contributed by atoms with van der Waals surface area (Å²) in [6.07, 6.45) is 1.56. The summed E-state index contributed by atoms with van der Waals surface area (Å²) in [7, 11) is 5.64. The molecule has 0 aliphatic heterocycles. The minimum atomic E-state index is -0.410. The SMILES string of the molecule is [B]c1cccnc1OCc1ccc(Cl)cc1F. The fourth-order valence-corrected chi connectivity index (χ4v) is 1.47. The van der Waals surface area contributed by atoms with E-state index in [2.05, 4.69) is 4.98 Å². The molecule has 2 rings (SSSR count). The molecule has 0 saturated heterocycles. The van der Waals surface area contributed by atoms with Gasteiger partial charge >= 0.3 is 0 Å². The highest BCUT2D eigenvalue weighted by Crippen LogP contribution is 2.15. The van der Waals surface area contributed by atoms with E-state index in [-0.39, 0.29) is 6.61 Å². The zero-order valence-corrected chi connectivity index (χ0v) is 9.62. The van der Waals surface area contributed by atoms with Gasteiger partial charge in [-0.1, -0.05) is 23.7 Å². The number of pyridine rings is 1. The number of ether oxygens (including phenoxy) is 1. The van der Waals surface area contributed by atoms with Gasteiger partial charge in [0, 0.05) is 16.8 Å². The van der Waals surface area contributed by atoms with Crippen molar-refractivity contribution in [2.45, 2.75) is 6.61 Å². The average Bonchev–Trinajstić information content (AvgIpc) is 2.30. The van der Waals surface area contributed by atoms with E-state index in [0.29, 0.717) is 21.9 Å². The molecular formula is C12H8BClFNO. The van der Waals surface area contributed by atoms with E-state index in [0.717, 1.165) is 0 Å². The van der Waals surface area contributed by atoms with Crippen LogP contribution in [0.2, 0.25) is 5.02 Å². The molecule has 0 unspecified atom stereocenters. The van der Waals surface area contributed by atoms with Crippen LogP contribution >= 0.6 is 11.6 Å². The topological polar surface area (TPSA) is 22.1 Å². The lowest BCUT2D eigenvalue weighted by Gasteiger charge is -2.08. The van der Waals surface area contributed by atoms with Crippen LogP contribution in [-0.2, 0) is 6.61 Å². The maximum atomic E-state index is 13.4. The lowest BCUT2D eigenvalue weighted by atomic mass is 9.98. The van der Waals surface area contributed by atoms with Gasteiger partial charge < -0.3 is 4.74 Å². The molecule has 0 spiro atoms. The summed E-state index contributed by atoms with van der Waals surface area (Å²) in [5.41, 5.74) is 0.821. The molecule has 0 amide bonds. The second-order valence-electron chi connectivity index (χ2n) is 3.42. The van der Waals surface area contributed by atoms with Crippen molar-refractivity contribution in [2.75, 3.05) is 0 Å². The van der Waals surface area contributed by atoms with Gasteiger partial charge in [-0.05, 0) is 23.7 Å². The number of rotatable bonds is 3. The van der Waals surface area contributed by atoms with Gasteiger partial charge in [-0.25, -0.2) is 9.37 Å². The van der Waals surface area contributed by atoms with Gasteiger partial charge in [0.2, 0.25) is 5.88 Å². The molecule has 1 aromatic heterocycles. The van der Waals surface area contributed by atoms with Crippen molar-refractivity contribution in [1.82, 2.24) is 4.98 Å². The molecule has 1 aromatic carbocycles. The molecule has 1 heterocycles. The fourth-order valence-electron chi connectivity index (χ4n) is 1.31. The van der Waals surface area contributed by atoms with Crippen molar-refractivity contribution >= 4 is 24.9 Å². The normalized spacial score (nSPS) is 10.2. The van der Waals surface area contributed by atoms with Gasteiger partial charge in [-0.15, -0.1) is 0 Å². The maximum absolute atomic E-state index is 13.4. The van der Waals surface area contributed by atoms with Crippen LogP contribution in [0.5, 0.6) is 5.88 Å². The van der Waals surface area contributed by atoms with Gasteiger partial charge in [0.25, 0.3) is 0 Å². The summed E-state index contributed by atoms with van der Waals surface area (Å²) in [4.78, 5) is 3.94. The second-order valence-corrected chi connectivity index (χ2v) is 3.86. The Morgan fingerprint density at radius 1 is 1.35 bits per heavy atom. The summed E-state index contributed by atoms with van der Waals surface area (Å²) in [6, 6.07) is 7.77. The van der Waals surface area contributed by atoms with Gasteiger partial charge in [-0.3, -0.25) is 0 Å². The zero-order valence-electron chi connectivity index (χ0n) is 8.86. The standard InChI is InChI=1S/C12H8BClFNO/c13-10-2-1-5-16-12(10)17-7-8-3-4-9(14)6-11(8)15/h1-6H,7H2. The van der Waals surface area contributed by atoms with Crippen LogP contribution in [0.25, 0.3) is 0 Å². The number of benzene rings is 1. The number of aromatic nitrogens is 1. The van der Waals surface area contributed by atoms with Crippen molar-refractivity contribution in [3.05, 3.63) is 52.9 Å². The summed E-state index contributed by atoms with van der Waals surface area (Å²) in [6.45, 7) is 0.0597. The molecular weight excluding hydrogens is 239 g/mol. The first kappa shape index (κ1) is 11.9. The van der Waals surface area contributed by atoms with Crippen molar-refractivity contribution in [2.24, 2.45) is 0 Å². The van der Waals surface area contributed by atoms with Crippen molar-refractivity contribution in [3.8, 4) is 5.88 Å². The Hall–Kier alpha value is -1.55. The van der Waals surface area contributed by atoms with Crippen LogP contribution in [0, 0.1) is 5.82 Å². The monoisotopic (exact) mass is 247 g/mol. The van der Waals surface area contributed by atoms with Gasteiger partial charge in [0.05, 0.1) is 0 Å². The van der Waals surface area contributed by atoms with E-state index in [1.807, 2.05) is 0 Å². The van der Waals surface area contributed by atoms with Crippen molar-refractivity contribution < 1.29 is 9.13 Å². The molecule has 2 aromatic rings. The molecule has 5 heteroatoms. The predicted molar refractivity (Wildman–Crippen MR) is 65.4 cm³/mol. The number of nitrogens with zero attached hydrogens (tertiary/aromatic N) is 1. The van der Waals surface area contributed by atoms with E-state index >= 15 is 0 Å². The molecule has 17 heavy (non-hydrogen) atoms. The molecule has 0 fully saturated rings. The largest absolute Gasteiger partial charge is 0.473 e. The highest BCUT2D eigenvalue weighted by Gasteiger charge is 2.05. The number of hydrogen-bond donors (Lipinski definition) is 0. The summed E-state index contributed by atoms with van der Waals surface area (Å²) in [5, 5.41) is 0.351. The van der Waals surface area contributed by atoms with E-state index in [9.17, 15) is 4.39 Å². The highest BCUT2D eigenvalue weighted by molar-refractivity contribution is 6.33. The Balaban J connectivity index is 2.10. The summed E-state index contributed by atoms with van der Waals surface area (Å²) < 4.78 is 18.8. The zero-order chi connectivity index (χ0) is 12.3. The van der Waals surface area contributed by atoms with Crippen LogP contribution in [0.4, 0.5) is 4.39 Å². The van der Waals surface area contributed by atoms with Crippen LogP contribution in [0.1, 0.15) is 5.56 Å². The number of hydrogen-bond acceptors (Lipinski definition) is 2. The Morgan fingerprint density at radius 2 is 2.18 bits per heavy atom. The van der Waals surface area contributed by atoms with E-state index in [4.69, 9.17) is 24.2 Å². The Bertz CT molecular complexity index is 536. The first-order valence-corrected chi connectivity index (χ1v) is 5.32. The van der Waals surface area contributed by atoms with E-state index < -0.39 is 5.82 Å². The molecule has 0 saturated carbocycles. The molecule has 0 atom stereocenters. The molecule has 84 valence electrons. The van der Waals surface area contributed by atoms with E-state index in [1.54, 1.807) is 30.5 Å². The third-order valence-electron chi connectivity index (χ3n) is 2.18. The summed E-state index contributed by atoms with van der Waals surface area (Å²) in [5.74, 6) is -0.117. The second kappa shape index (κ2) is 5.19. The minimum absolute atomic E-state index is 0.0597. The third-order valence-corrected chi connectivity index (χ3v) is 2.42. The smallest absolute Gasteiger partial charge is 0.206 e. The average molecular weight is 247 g/mol. The minimum Gasteiger partial charge on any atom is -0.473 e. The molecule has 0 aliphatic carbocycles. The fraction of sp³-hybridized carbons (Fsp3) is 0.0833. The molecule has 0 N–H and O–H groups in total. The van der Waals surface area contributed by atoms with Crippen LogP contribution in [0.3, 0.4) is 0 Å². The number of halogens is 2. The Kier molecular flexibility index (Phi) is 3.64. The maximum Gasteiger partial charge on any atom is 0.206 e. The molecule has 0 bridgehead atoms. The van der Waals surface area contributed by atoms with Crippen molar-refractivity contribution in [3.63, 3.8) is 0 Å². The van der Waals surface area contributed by atoms with E-state index in [1.165, 1.54) is 6.07 Å². The molecule has 0 aliphatic rings. The van der Waals surface area contributed by atoms with Crippen LogP contribution in [-0.4, -0.2) is 12.8 Å². The Labute approximate surface area is 105 Å². The van der Waals surface area contributed by atoms with Gasteiger partial charge in [0.1, 0.15) is 20.3 Å². The molecule has 2 radical (unpaired) electrons. The van der Waals surface area contributed by atoms with Crippen LogP contribution in [0.15, 0.2) is 36.5 Å². The lowest BCUT2D eigenvalue weighted by molar-refractivity contribution is 0.291. The lowest BCUT2D eigenvalue weighted by Crippen LogP contribution is -2.11. The first-order valence-electron chi connectivity index (χ1n) is 4.94. The van der Waals surface area contributed by atoms with Crippen molar-refractivity contribution in [1.29, 1.82) is 0 Å². The summed E-state index contributed by atoms with van der Waals surface area (Å²) >= 11 is 5.65. The Morgan fingerprint density at radius 3 is 2.88 bits per heavy atom. The van der Waals surface area contributed by atoms with Crippen LogP contribution < -0.4 is 10.2 Å². The third kappa shape index (κ3) is 2.97. The van der Waals surface area contributed by atoms with Gasteiger partial charge in [-0.2, -0.15) is 0 Å². The highest BCUT2D eigenvalue weighted by atomic mass is 35.5.